The molecule has 0 saturated heterocycles. The molecule has 0 spiro atoms. The van der Waals surface area contributed by atoms with E-state index in [4.69, 9.17) is 16.3 Å². The highest BCUT2D eigenvalue weighted by Gasteiger charge is 2.14. The molecule has 0 unspecified atom stereocenters. The van der Waals surface area contributed by atoms with Crippen LogP contribution in [0.15, 0.2) is 60.7 Å². The lowest BCUT2D eigenvalue weighted by Gasteiger charge is -2.11. The summed E-state index contributed by atoms with van der Waals surface area (Å²) in [5, 5.41) is 2.37. The maximum Gasteiger partial charge on any atom is 0.273 e. The number of hydrogen-bond acceptors (Lipinski definition) is 3. The monoisotopic (exact) mass is 354 g/mol. The predicted molar refractivity (Wildman–Crippen MR) is 96.9 cm³/mol. The van der Waals surface area contributed by atoms with Crippen LogP contribution in [0.4, 0.5) is 0 Å². The lowest BCUT2D eigenvalue weighted by Crippen LogP contribution is -2.41. The highest BCUT2D eigenvalue weighted by atomic mass is 35.5. The van der Waals surface area contributed by atoms with Gasteiger partial charge in [0.05, 0.1) is 12.7 Å². The van der Waals surface area contributed by atoms with Gasteiger partial charge in [0.25, 0.3) is 11.8 Å². The standard InChI is InChI=1S/C19H15ClN2O3/c1-25-17-9-8-15(20)11-16(17)19(24)22-21-18(23)14-7-6-12-4-2-3-5-13(12)10-14/h2-11H,1H3,(H,21,23)(H,22,24). The molecule has 2 amide bonds. The van der Waals surface area contributed by atoms with E-state index < -0.39 is 11.8 Å². The molecular weight excluding hydrogens is 340 g/mol. The van der Waals surface area contributed by atoms with E-state index in [1.165, 1.54) is 13.2 Å². The van der Waals surface area contributed by atoms with Crippen molar-refractivity contribution in [3.05, 3.63) is 76.8 Å². The van der Waals surface area contributed by atoms with Gasteiger partial charge in [-0.3, -0.25) is 20.4 Å². The normalized spacial score (nSPS) is 10.3. The summed E-state index contributed by atoms with van der Waals surface area (Å²) in [6.07, 6.45) is 0. The van der Waals surface area contributed by atoms with Gasteiger partial charge in [-0.25, -0.2) is 0 Å². The van der Waals surface area contributed by atoms with Crippen LogP contribution in [-0.2, 0) is 0 Å². The van der Waals surface area contributed by atoms with E-state index in [1.54, 1.807) is 24.3 Å². The Labute approximate surface area is 149 Å². The Morgan fingerprint density at radius 1 is 0.880 bits per heavy atom. The van der Waals surface area contributed by atoms with Crippen molar-refractivity contribution in [1.82, 2.24) is 10.9 Å². The van der Waals surface area contributed by atoms with Crippen molar-refractivity contribution >= 4 is 34.2 Å². The van der Waals surface area contributed by atoms with Crippen LogP contribution < -0.4 is 15.6 Å². The molecule has 3 rings (SSSR count). The summed E-state index contributed by atoms with van der Waals surface area (Å²) < 4.78 is 5.13. The van der Waals surface area contributed by atoms with Crippen LogP contribution in [0.1, 0.15) is 20.7 Å². The number of fused-ring (bicyclic) bond motifs is 1. The second-order valence-corrected chi connectivity index (χ2v) is 5.75. The van der Waals surface area contributed by atoms with Crippen LogP contribution >= 0.6 is 11.6 Å². The lowest BCUT2D eigenvalue weighted by atomic mass is 10.1. The van der Waals surface area contributed by atoms with Gasteiger partial charge in [-0.05, 0) is 41.1 Å². The number of amides is 2. The topological polar surface area (TPSA) is 67.4 Å². The Bertz CT molecular complexity index is 956. The number of hydrazine groups is 1. The van der Waals surface area contributed by atoms with Crippen molar-refractivity contribution in [2.75, 3.05) is 7.11 Å². The van der Waals surface area contributed by atoms with Gasteiger partial charge in [0.15, 0.2) is 0 Å². The number of carbonyl (C=O) groups is 2. The third-order valence-electron chi connectivity index (χ3n) is 3.71. The minimum Gasteiger partial charge on any atom is -0.496 e. The van der Waals surface area contributed by atoms with Crippen LogP contribution in [0.2, 0.25) is 5.02 Å². The second kappa shape index (κ2) is 7.23. The van der Waals surface area contributed by atoms with Crippen molar-refractivity contribution < 1.29 is 14.3 Å². The van der Waals surface area contributed by atoms with E-state index >= 15 is 0 Å². The number of rotatable bonds is 3. The van der Waals surface area contributed by atoms with Gasteiger partial charge >= 0.3 is 0 Å². The fourth-order valence-corrected chi connectivity index (χ4v) is 2.61. The Morgan fingerprint density at radius 3 is 2.36 bits per heavy atom. The van der Waals surface area contributed by atoms with E-state index in [-0.39, 0.29) is 5.56 Å². The summed E-state index contributed by atoms with van der Waals surface area (Å²) >= 11 is 5.91. The van der Waals surface area contributed by atoms with Crippen LogP contribution in [0.25, 0.3) is 10.8 Å². The molecule has 2 N–H and O–H groups in total. The molecule has 0 atom stereocenters. The molecule has 0 aliphatic carbocycles. The average molecular weight is 355 g/mol. The zero-order valence-electron chi connectivity index (χ0n) is 13.4. The minimum atomic E-state index is -0.520. The summed E-state index contributed by atoms with van der Waals surface area (Å²) in [5.74, 6) is -0.574. The summed E-state index contributed by atoms with van der Waals surface area (Å²) in [6, 6.07) is 17.7. The number of carbonyl (C=O) groups excluding carboxylic acids is 2. The molecule has 0 aromatic heterocycles. The molecule has 25 heavy (non-hydrogen) atoms. The Morgan fingerprint density at radius 2 is 1.60 bits per heavy atom. The molecule has 0 aliphatic rings. The van der Waals surface area contributed by atoms with Gasteiger partial charge < -0.3 is 4.74 Å². The molecule has 0 aliphatic heterocycles. The maximum atomic E-state index is 12.3. The first-order valence-corrected chi connectivity index (χ1v) is 7.89. The number of nitrogens with one attached hydrogen (secondary N) is 2. The first kappa shape index (κ1) is 16.8. The number of methoxy groups -OCH3 is 1. The van der Waals surface area contributed by atoms with Crippen LogP contribution in [0, 0.1) is 0 Å². The maximum absolute atomic E-state index is 12.3. The molecule has 3 aromatic carbocycles. The summed E-state index contributed by atoms with van der Waals surface area (Å²) in [7, 11) is 1.45. The molecule has 0 radical (unpaired) electrons. The van der Waals surface area contributed by atoms with Gasteiger partial charge in [0.2, 0.25) is 0 Å². The number of hydrogen-bond donors (Lipinski definition) is 2. The number of ether oxygens (including phenoxy) is 1. The Balaban J connectivity index is 1.73. The molecule has 3 aromatic rings. The second-order valence-electron chi connectivity index (χ2n) is 5.31. The van der Waals surface area contributed by atoms with Gasteiger partial charge in [0, 0.05) is 10.6 Å². The Hall–Kier alpha value is -3.05. The molecule has 0 saturated carbocycles. The SMILES string of the molecule is COc1ccc(Cl)cc1C(=O)NNC(=O)c1ccc2ccccc2c1. The van der Waals surface area contributed by atoms with E-state index in [0.717, 1.165) is 10.8 Å². The van der Waals surface area contributed by atoms with Crippen molar-refractivity contribution in [2.24, 2.45) is 0 Å². The quantitative estimate of drug-likeness (QED) is 0.706. The molecule has 126 valence electrons. The van der Waals surface area contributed by atoms with Crippen molar-refractivity contribution in [3.63, 3.8) is 0 Å². The fourth-order valence-electron chi connectivity index (χ4n) is 2.44. The molecule has 0 heterocycles. The molecule has 0 bridgehead atoms. The molecular formula is C19H15ClN2O3. The first-order valence-electron chi connectivity index (χ1n) is 7.51. The fraction of sp³-hybridized carbons (Fsp3) is 0.0526. The highest BCUT2D eigenvalue weighted by molar-refractivity contribution is 6.31. The van der Waals surface area contributed by atoms with Gasteiger partial charge in [-0.15, -0.1) is 0 Å². The summed E-state index contributed by atoms with van der Waals surface area (Å²) in [4.78, 5) is 24.5. The summed E-state index contributed by atoms with van der Waals surface area (Å²) in [5.41, 5.74) is 5.44. The minimum absolute atomic E-state index is 0.230. The lowest BCUT2D eigenvalue weighted by molar-refractivity contribution is 0.0845. The van der Waals surface area contributed by atoms with E-state index in [0.29, 0.717) is 16.3 Å². The zero-order valence-corrected chi connectivity index (χ0v) is 14.1. The third kappa shape index (κ3) is 3.72. The van der Waals surface area contributed by atoms with Gasteiger partial charge in [-0.2, -0.15) is 0 Å². The number of halogens is 1. The Kier molecular flexibility index (Phi) is 4.86. The average Bonchev–Trinajstić information content (AvgIpc) is 2.65. The van der Waals surface area contributed by atoms with E-state index in [9.17, 15) is 9.59 Å². The number of benzene rings is 3. The molecule has 0 fully saturated rings. The van der Waals surface area contributed by atoms with Crippen LogP contribution in [-0.4, -0.2) is 18.9 Å². The van der Waals surface area contributed by atoms with Gasteiger partial charge in [0.1, 0.15) is 5.75 Å². The van der Waals surface area contributed by atoms with E-state index in [2.05, 4.69) is 10.9 Å². The van der Waals surface area contributed by atoms with Crippen molar-refractivity contribution in [3.8, 4) is 5.75 Å². The smallest absolute Gasteiger partial charge is 0.273 e. The van der Waals surface area contributed by atoms with Crippen molar-refractivity contribution in [1.29, 1.82) is 0 Å². The largest absolute Gasteiger partial charge is 0.496 e. The molecule has 5 nitrogen and oxygen atoms in total. The highest BCUT2D eigenvalue weighted by Crippen LogP contribution is 2.22. The van der Waals surface area contributed by atoms with Crippen LogP contribution in [0.3, 0.4) is 0 Å². The summed E-state index contributed by atoms with van der Waals surface area (Å²) in [6.45, 7) is 0. The zero-order chi connectivity index (χ0) is 17.8. The van der Waals surface area contributed by atoms with Crippen LogP contribution in [0.5, 0.6) is 5.75 Å². The third-order valence-corrected chi connectivity index (χ3v) is 3.94. The van der Waals surface area contributed by atoms with Gasteiger partial charge in [-0.1, -0.05) is 41.9 Å². The predicted octanol–water partition coefficient (Wildman–Crippen LogP) is 3.58. The molecule has 6 heteroatoms. The van der Waals surface area contributed by atoms with E-state index in [1.807, 2.05) is 30.3 Å². The first-order chi connectivity index (χ1) is 12.1. The van der Waals surface area contributed by atoms with Crippen molar-refractivity contribution in [2.45, 2.75) is 0 Å².